The van der Waals surface area contributed by atoms with Crippen LogP contribution in [0.1, 0.15) is 70.4 Å². The maximum absolute atomic E-state index is 13.9. The average Bonchev–Trinajstić information content (AvgIpc) is 2.81. The Labute approximate surface area is 227 Å². The molecule has 3 aliphatic rings. The van der Waals surface area contributed by atoms with E-state index >= 15 is 0 Å². The van der Waals surface area contributed by atoms with Crippen LogP contribution < -0.4 is 4.74 Å². The van der Waals surface area contributed by atoms with Crippen molar-refractivity contribution in [2.75, 3.05) is 7.11 Å². The maximum atomic E-state index is 13.9. The van der Waals surface area contributed by atoms with Gasteiger partial charge in [0.2, 0.25) is 0 Å². The van der Waals surface area contributed by atoms with Crippen molar-refractivity contribution in [3.05, 3.63) is 80.6 Å². The van der Waals surface area contributed by atoms with E-state index in [1.165, 1.54) is 7.11 Å². The minimum absolute atomic E-state index is 0.00313. The third-order valence-corrected chi connectivity index (χ3v) is 8.41. The number of benzene rings is 2. The molecule has 5 rings (SSSR count). The SMILES string of the molecule is COc1cc(C2C3=C(CC(C)(C)CC3=O)N(Cc3ccccc3)C3=C2C(=O)CC(C)(C)C3)cc(Br)c1O. The number of ketones is 2. The van der Waals surface area contributed by atoms with E-state index in [1.807, 2.05) is 24.3 Å². The lowest BCUT2D eigenvalue weighted by Crippen LogP contribution is -2.44. The molecular weight excluding hydrogens is 530 g/mol. The third-order valence-electron chi connectivity index (χ3n) is 7.81. The Hall–Kier alpha value is -2.86. The highest BCUT2D eigenvalue weighted by atomic mass is 79.9. The molecule has 0 radical (unpaired) electrons. The van der Waals surface area contributed by atoms with E-state index in [-0.39, 0.29) is 28.1 Å². The topological polar surface area (TPSA) is 66.8 Å². The smallest absolute Gasteiger partial charge is 0.172 e. The average molecular weight is 565 g/mol. The molecule has 0 bridgehead atoms. The number of rotatable bonds is 4. The molecule has 6 heteroatoms. The number of hydrogen-bond acceptors (Lipinski definition) is 5. The molecule has 2 aromatic rings. The number of phenolic OH excluding ortho intramolecular Hbond substituents is 1. The number of carbonyl (C=O) groups excluding carboxylic acids is 2. The van der Waals surface area contributed by atoms with Gasteiger partial charge >= 0.3 is 0 Å². The summed E-state index contributed by atoms with van der Waals surface area (Å²) < 4.78 is 5.93. The van der Waals surface area contributed by atoms with E-state index < -0.39 is 5.92 Å². The van der Waals surface area contributed by atoms with Crippen molar-refractivity contribution in [1.82, 2.24) is 4.90 Å². The standard InChI is InChI=1S/C31H34BrNO4/c1-30(2)13-21-27(23(34)15-30)26(19-11-20(32)29(36)25(12-19)37-5)28-22(14-31(3,4)16-24(28)35)33(21)17-18-9-7-6-8-10-18/h6-12,26,36H,13-17H2,1-5H3. The van der Waals surface area contributed by atoms with Crippen LogP contribution in [0.2, 0.25) is 0 Å². The van der Waals surface area contributed by atoms with Gasteiger partial charge in [-0.3, -0.25) is 9.59 Å². The molecule has 0 aromatic heterocycles. The van der Waals surface area contributed by atoms with Gasteiger partial charge in [0, 0.05) is 47.8 Å². The molecule has 0 fully saturated rings. The summed E-state index contributed by atoms with van der Waals surface area (Å²) >= 11 is 3.46. The van der Waals surface area contributed by atoms with Crippen molar-refractivity contribution >= 4 is 27.5 Å². The lowest BCUT2D eigenvalue weighted by atomic mass is 9.63. The number of hydrogen-bond donors (Lipinski definition) is 1. The molecule has 0 amide bonds. The Kier molecular flexibility index (Phi) is 6.38. The fraction of sp³-hybridized carbons (Fsp3) is 0.419. The number of ether oxygens (including phenoxy) is 1. The number of allylic oxidation sites excluding steroid dienone is 4. The van der Waals surface area contributed by atoms with Gasteiger partial charge in [-0.1, -0.05) is 58.0 Å². The van der Waals surface area contributed by atoms with Crippen molar-refractivity contribution in [1.29, 1.82) is 0 Å². The summed E-state index contributed by atoms with van der Waals surface area (Å²) in [5, 5.41) is 10.5. The van der Waals surface area contributed by atoms with Crippen molar-refractivity contribution in [3.8, 4) is 11.5 Å². The van der Waals surface area contributed by atoms with Crippen molar-refractivity contribution in [2.24, 2.45) is 10.8 Å². The first-order chi connectivity index (χ1) is 17.4. The van der Waals surface area contributed by atoms with E-state index in [4.69, 9.17) is 4.74 Å². The fourth-order valence-electron chi connectivity index (χ4n) is 6.25. The molecule has 5 nitrogen and oxygen atoms in total. The Morgan fingerprint density at radius 1 is 0.919 bits per heavy atom. The first kappa shape index (κ1) is 25.8. The largest absolute Gasteiger partial charge is 0.503 e. The van der Waals surface area contributed by atoms with Gasteiger partial charge in [0.1, 0.15) is 0 Å². The molecule has 1 heterocycles. The minimum Gasteiger partial charge on any atom is -0.503 e. The van der Waals surface area contributed by atoms with Crippen LogP contribution in [0.4, 0.5) is 0 Å². The summed E-state index contributed by atoms with van der Waals surface area (Å²) in [6.45, 7) is 9.18. The van der Waals surface area contributed by atoms with Gasteiger partial charge < -0.3 is 14.7 Å². The summed E-state index contributed by atoms with van der Waals surface area (Å²) in [6.07, 6.45) is 2.36. The number of phenols is 1. The molecule has 1 N–H and O–H groups in total. The number of aromatic hydroxyl groups is 1. The van der Waals surface area contributed by atoms with E-state index in [2.05, 4.69) is 60.7 Å². The summed E-state index contributed by atoms with van der Waals surface area (Å²) in [5.41, 5.74) is 5.00. The van der Waals surface area contributed by atoms with E-state index in [1.54, 1.807) is 6.07 Å². The maximum Gasteiger partial charge on any atom is 0.172 e. The Bertz CT molecular complexity index is 1300. The number of halogens is 1. The first-order valence-electron chi connectivity index (χ1n) is 12.8. The summed E-state index contributed by atoms with van der Waals surface area (Å²) in [6, 6.07) is 13.8. The molecule has 0 saturated heterocycles. The molecule has 0 unspecified atom stereocenters. The summed E-state index contributed by atoms with van der Waals surface area (Å²) in [4.78, 5) is 30.1. The van der Waals surface area contributed by atoms with Crippen molar-refractivity contribution < 1.29 is 19.4 Å². The summed E-state index contributed by atoms with van der Waals surface area (Å²) in [5.74, 6) is -0.00529. The van der Waals surface area contributed by atoms with Gasteiger partial charge in [0.05, 0.1) is 11.6 Å². The van der Waals surface area contributed by atoms with E-state index in [0.717, 1.165) is 35.4 Å². The van der Waals surface area contributed by atoms with Crippen LogP contribution in [0.15, 0.2) is 69.5 Å². The Morgan fingerprint density at radius 3 is 1.97 bits per heavy atom. The van der Waals surface area contributed by atoms with Crippen LogP contribution >= 0.6 is 15.9 Å². The first-order valence-corrected chi connectivity index (χ1v) is 13.6. The highest BCUT2D eigenvalue weighted by Crippen LogP contribution is 2.55. The van der Waals surface area contributed by atoms with Gasteiger partial charge in [-0.05, 0) is 62.9 Å². The minimum atomic E-state index is -0.491. The van der Waals surface area contributed by atoms with Crippen LogP contribution in [0.3, 0.4) is 0 Å². The monoisotopic (exact) mass is 563 g/mol. The highest BCUT2D eigenvalue weighted by Gasteiger charge is 2.49. The number of nitrogens with zero attached hydrogens (tertiary/aromatic N) is 1. The molecular formula is C31H34BrNO4. The molecule has 0 spiro atoms. The predicted molar refractivity (Wildman–Crippen MR) is 147 cm³/mol. The quantitative estimate of drug-likeness (QED) is 0.431. The van der Waals surface area contributed by atoms with Crippen LogP contribution in [-0.4, -0.2) is 28.7 Å². The molecule has 194 valence electrons. The number of methoxy groups -OCH3 is 1. The number of carbonyl (C=O) groups is 2. The second-order valence-corrected chi connectivity index (χ2v) is 13.0. The fourth-order valence-corrected chi connectivity index (χ4v) is 6.71. The van der Waals surface area contributed by atoms with Gasteiger partial charge in [-0.25, -0.2) is 0 Å². The van der Waals surface area contributed by atoms with Crippen molar-refractivity contribution in [3.63, 3.8) is 0 Å². The third kappa shape index (κ3) is 4.65. The van der Waals surface area contributed by atoms with Gasteiger partial charge in [0.25, 0.3) is 0 Å². The zero-order valence-electron chi connectivity index (χ0n) is 22.2. The van der Waals surface area contributed by atoms with Crippen LogP contribution in [0.25, 0.3) is 0 Å². The normalized spacial score (nSPS) is 21.2. The van der Waals surface area contributed by atoms with E-state index in [0.29, 0.717) is 40.8 Å². The Balaban J connectivity index is 1.79. The van der Waals surface area contributed by atoms with Crippen molar-refractivity contribution in [2.45, 2.75) is 65.8 Å². The second-order valence-electron chi connectivity index (χ2n) is 12.2. The van der Waals surface area contributed by atoms with Gasteiger partial charge in [-0.15, -0.1) is 0 Å². The lowest BCUT2D eigenvalue weighted by Gasteiger charge is -2.49. The predicted octanol–water partition coefficient (Wildman–Crippen LogP) is 7.05. The lowest BCUT2D eigenvalue weighted by molar-refractivity contribution is -0.119. The van der Waals surface area contributed by atoms with Crippen LogP contribution in [0, 0.1) is 10.8 Å². The zero-order valence-corrected chi connectivity index (χ0v) is 23.7. The number of Topliss-reactive ketones (excluding diaryl/α,β-unsaturated/α-hetero) is 2. The Morgan fingerprint density at radius 2 is 1.46 bits per heavy atom. The molecule has 2 aliphatic carbocycles. The van der Waals surface area contributed by atoms with E-state index in [9.17, 15) is 14.7 Å². The molecule has 0 saturated carbocycles. The molecule has 0 atom stereocenters. The highest BCUT2D eigenvalue weighted by molar-refractivity contribution is 9.10. The molecule has 1 aliphatic heterocycles. The summed E-state index contributed by atoms with van der Waals surface area (Å²) in [7, 11) is 1.51. The van der Waals surface area contributed by atoms with Gasteiger partial charge in [-0.2, -0.15) is 0 Å². The molecule has 2 aromatic carbocycles. The zero-order chi connectivity index (χ0) is 26.7. The van der Waals surface area contributed by atoms with Crippen LogP contribution in [0.5, 0.6) is 11.5 Å². The van der Waals surface area contributed by atoms with Crippen LogP contribution in [-0.2, 0) is 16.1 Å². The second kappa shape index (κ2) is 9.16. The molecule has 37 heavy (non-hydrogen) atoms. The van der Waals surface area contributed by atoms with Gasteiger partial charge in [0.15, 0.2) is 23.1 Å².